The number of carbonyl (C=O) groups is 3. The van der Waals surface area contributed by atoms with Crippen LogP contribution in [0.15, 0.2) is 0 Å². The fraction of sp³-hybridized carbons (Fsp3) is 0.750. The molecule has 0 saturated carbocycles. The molecule has 8 heteroatoms. The quantitative estimate of drug-likeness (QED) is 0.560. The first-order chi connectivity index (χ1) is 9.58. The minimum atomic E-state index is -1.06. The molecule has 0 aromatic carbocycles. The predicted molar refractivity (Wildman–Crippen MR) is 68.0 cm³/mol. The Bertz CT molecular complexity index is 395. The number of ether oxygens (including phenoxy) is 1. The predicted octanol–water partition coefficient (Wildman–Crippen LogP) is -1.83. The van der Waals surface area contributed by atoms with Crippen molar-refractivity contribution >= 4 is 17.8 Å². The van der Waals surface area contributed by atoms with Gasteiger partial charge >= 0.3 is 5.97 Å². The highest BCUT2D eigenvalue weighted by Crippen LogP contribution is 2.19. The summed E-state index contributed by atoms with van der Waals surface area (Å²) < 4.78 is 5.12. The zero-order chi connectivity index (χ0) is 14.5. The Hall–Kier alpha value is -1.67. The molecule has 2 unspecified atom stereocenters. The zero-order valence-electron chi connectivity index (χ0n) is 11.1. The average Bonchev–Trinajstić information content (AvgIpc) is 2.95. The molecule has 2 aliphatic rings. The Kier molecular flexibility index (Phi) is 4.91. The molecule has 0 aromatic rings. The molecule has 8 nitrogen and oxygen atoms in total. The fourth-order valence-electron chi connectivity index (χ4n) is 2.31. The number of amides is 2. The third-order valence-corrected chi connectivity index (χ3v) is 3.47. The van der Waals surface area contributed by atoms with Gasteiger partial charge in [0.05, 0.1) is 6.54 Å². The molecule has 112 valence electrons. The fourth-order valence-corrected chi connectivity index (χ4v) is 2.31. The second kappa shape index (κ2) is 6.67. The number of rotatable bonds is 4. The van der Waals surface area contributed by atoms with E-state index in [1.165, 1.54) is 0 Å². The Balaban J connectivity index is 1.72. The number of hydrogen-bond acceptors (Lipinski definition) is 5. The summed E-state index contributed by atoms with van der Waals surface area (Å²) in [4.78, 5) is 36.0. The summed E-state index contributed by atoms with van der Waals surface area (Å²) in [5.74, 6) is -1.61. The van der Waals surface area contributed by atoms with Gasteiger partial charge in [-0.05, 0) is 12.8 Å². The van der Waals surface area contributed by atoms with E-state index in [1.807, 2.05) is 0 Å². The van der Waals surface area contributed by atoms with E-state index in [0.29, 0.717) is 25.9 Å². The van der Waals surface area contributed by atoms with Crippen LogP contribution in [0, 0.1) is 0 Å². The first kappa shape index (κ1) is 14.7. The molecule has 0 spiro atoms. The van der Waals surface area contributed by atoms with Crippen LogP contribution >= 0.6 is 0 Å². The van der Waals surface area contributed by atoms with Gasteiger partial charge in [-0.1, -0.05) is 0 Å². The molecular formula is C12H19N3O5. The SMILES string of the molecule is O=C(O)C1CCC(C(=O)NCC(=O)N2CCNCC2)O1. The van der Waals surface area contributed by atoms with Crippen molar-refractivity contribution in [3.8, 4) is 0 Å². The van der Waals surface area contributed by atoms with Crippen LogP contribution in [0.25, 0.3) is 0 Å². The molecule has 0 radical (unpaired) electrons. The molecule has 2 fully saturated rings. The first-order valence-corrected chi connectivity index (χ1v) is 6.72. The van der Waals surface area contributed by atoms with Crippen molar-refractivity contribution in [1.29, 1.82) is 0 Å². The highest BCUT2D eigenvalue weighted by atomic mass is 16.5. The van der Waals surface area contributed by atoms with Crippen molar-refractivity contribution in [2.24, 2.45) is 0 Å². The summed E-state index contributed by atoms with van der Waals surface area (Å²) in [6.45, 7) is 2.71. The van der Waals surface area contributed by atoms with E-state index in [2.05, 4.69) is 10.6 Å². The molecule has 2 heterocycles. The molecule has 2 atom stereocenters. The lowest BCUT2D eigenvalue weighted by Crippen LogP contribution is -2.50. The number of nitrogens with zero attached hydrogens (tertiary/aromatic N) is 1. The molecule has 3 N–H and O–H groups in total. The number of piperazine rings is 1. The normalized spacial score (nSPS) is 26.3. The molecule has 2 saturated heterocycles. The standard InChI is InChI=1S/C12H19N3O5/c16-10(15-5-3-13-4-6-15)7-14-11(17)8-1-2-9(20-8)12(18)19/h8-9,13H,1-7H2,(H,14,17)(H,18,19). The van der Waals surface area contributed by atoms with E-state index in [1.54, 1.807) is 4.90 Å². The summed E-state index contributed by atoms with van der Waals surface area (Å²) >= 11 is 0. The molecule has 2 amide bonds. The van der Waals surface area contributed by atoms with Crippen LogP contribution in [0.3, 0.4) is 0 Å². The maximum Gasteiger partial charge on any atom is 0.332 e. The van der Waals surface area contributed by atoms with Gasteiger partial charge < -0.3 is 25.4 Å². The van der Waals surface area contributed by atoms with E-state index < -0.39 is 24.1 Å². The zero-order valence-corrected chi connectivity index (χ0v) is 11.1. The molecule has 0 aliphatic carbocycles. The van der Waals surface area contributed by atoms with Gasteiger partial charge in [-0.25, -0.2) is 4.79 Å². The van der Waals surface area contributed by atoms with Crippen LogP contribution < -0.4 is 10.6 Å². The number of aliphatic carboxylic acids is 1. The van der Waals surface area contributed by atoms with Crippen LogP contribution in [-0.4, -0.2) is 72.7 Å². The van der Waals surface area contributed by atoms with Crippen LogP contribution in [0.4, 0.5) is 0 Å². The summed E-state index contributed by atoms with van der Waals surface area (Å²) in [5, 5.41) is 14.4. The smallest absolute Gasteiger partial charge is 0.332 e. The topological polar surface area (TPSA) is 108 Å². The Morgan fingerprint density at radius 1 is 1.20 bits per heavy atom. The van der Waals surface area contributed by atoms with Crippen LogP contribution in [-0.2, 0) is 19.1 Å². The van der Waals surface area contributed by atoms with Crippen molar-refractivity contribution < 1.29 is 24.2 Å². The second-order valence-corrected chi connectivity index (χ2v) is 4.88. The van der Waals surface area contributed by atoms with Crippen LogP contribution in [0.1, 0.15) is 12.8 Å². The van der Waals surface area contributed by atoms with Crippen molar-refractivity contribution in [3.63, 3.8) is 0 Å². The average molecular weight is 285 g/mol. The lowest BCUT2D eigenvalue weighted by molar-refractivity contribution is -0.152. The van der Waals surface area contributed by atoms with Gasteiger partial charge in [0.1, 0.15) is 6.10 Å². The number of carboxylic acids is 1. The van der Waals surface area contributed by atoms with Gasteiger partial charge in [-0.3, -0.25) is 9.59 Å². The van der Waals surface area contributed by atoms with E-state index in [9.17, 15) is 14.4 Å². The third kappa shape index (κ3) is 3.67. The van der Waals surface area contributed by atoms with Gasteiger partial charge in [-0.15, -0.1) is 0 Å². The minimum Gasteiger partial charge on any atom is -0.479 e. The number of carbonyl (C=O) groups excluding carboxylic acids is 2. The third-order valence-electron chi connectivity index (χ3n) is 3.47. The number of carboxylic acid groups (broad SMARTS) is 1. The van der Waals surface area contributed by atoms with Crippen molar-refractivity contribution in [2.45, 2.75) is 25.0 Å². The second-order valence-electron chi connectivity index (χ2n) is 4.88. The molecule has 20 heavy (non-hydrogen) atoms. The van der Waals surface area contributed by atoms with Crippen LogP contribution in [0.2, 0.25) is 0 Å². The molecular weight excluding hydrogens is 266 g/mol. The highest BCUT2D eigenvalue weighted by Gasteiger charge is 2.34. The van der Waals surface area contributed by atoms with Gasteiger partial charge in [0.15, 0.2) is 6.10 Å². The summed E-state index contributed by atoms with van der Waals surface area (Å²) in [6.07, 6.45) is -1.01. The molecule has 2 rings (SSSR count). The maximum atomic E-state index is 11.8. The Morgan fingerprint density at radius 3 is 2.45 bits per heavy atom. The van der Waals surface area contributed by atoms with Crippen LogP contribution in [0.5, 0.6) is 0 Å². The number of nitrogens with one attached hydrogen (secondary N) is 2. The van der Waals surface area contributed by atoms with Crippen molar-refractivity contribution in [1.82, 2.24) is 15.5 Å². The van der Waals surface area contributed by atoms with Gasteiger partial charge in [-0.2, -0.15) is 0 Å². The summed E-state index contributed by atoms with van der Waals surface area (Å²) in [7, 11) is 0. The molecule has 2 aliphatic heterocycles. The largest absolute Gasteiger partial charge is 0.479 e. The summed E-state index contributed by atoms with van der Waals surface area (Å²) in [6, 6.07) is 0. The van der Waals surface area contributed by atoms with Gasteiger partial charge in [0.2, 0.25) is 11.8 Å². The van der Waals surface area contributed by atoms with Gasteiger partial charge in [0.25, 0.3) is 0 Å². The Labute approximate surface area is 116 Å². The minimum absolute atomic E-state index is 0.0730. The van der Waals surface area contributed by atoms with E-state index in [0.717, 1.165) is 13.1 Å². The van der Waals surface area contributed by atoms with Gasteiger partial charge in [0, 0.05) is 26.2 Å². The van der Waals surface area contributed by atoms with Crippen molar-refractivity contribution in [3.05, 3.63) is 0 Å². The van der Waals surface area contributed by atoms with E-state index in [-0.39, 0.29) is 12.5 Å². The van der Waals surface area contributed by atoms with Crippen molar-refractivity contribution in [2.75, 3.05) is 32.7 Å². The lowest BCUT2D eigenvalue weighted by atomic mass is 10.2. The van der Waals surface area contributed by atoms with E-state index >= 15 is 0 Å². The first-order valence-electron chi connectivity index (χ1n) is 6.72. The monoisotopic (exact) mass is 285 g/mol. The molecule has 0 bridgehead atoms. The summed E-state index contributed by atoms with van der Waals surface area (Å²) in [5.41, 5.74) is 0. The maximum absolute atomic E-state index is 11.8. The van der Waals surface area contributed by atoms with E-state index in [4.69, 9.17) is 9.84 Å². The molecule has 0 aromatic heterocycles. The highest BCUT2D eigenvalue weighted by molar-refractivity contribution is 5.87. The number of hydrogen-bond donors (Lipinski definition) is 3. The Morgan fingerprint density at radius 2 is 1.85 bits per heavy atom. The lowest BCUT2D eigenvalue weighted by Gasteiger charge is -2.27.